The number of carbonyl (C=O) groups is 1. The lowest BCUT2D eigenvalue weighted by Crippen LogP contribution is -2.18. The van der Waals surface area contributed by atoms with Crippen molar-refractivity contribution >= 4 is 6.03 Å². The number of nitrogens with two attached hydrogens (primary N) is 2. The summed E-state index contributed by atoms with van der Waals surface area (Å²) in [4.78, 5) is 9.00. The van der Waals surface area contributed by atoms with Crippen LogP contribution in [0.1, 0.15) is 12.0 Å². The summed E-state index contributed by atoms with van der Waals surface area (Å²) in [5.41, 5.74) is 9.80. The maximum atomic E-state index is 9.00. The quantitative estimate of drug-likeness (QED) is 0.662. The van der Waals surface area contributed by atoms with Gasteiger partial charge in [0, 0.05) is 6.61 Å². The lowest BCUT2D eigenvalue weighted by atomic mass is 10.1. The summed E-state index contributed by atoms with van der Waals surface area (Å²) in [5, 5.41) is 8.53. The summed E-state index contributed by atoms with van der Waals surface area (Å²) in [6.07, 6.45) is 1.85. The third-order valence-corrected chi connectivity index (χ3v) is 1.47. The van der Waals surface area contributed by atoms with Crippen LogP contribution in [0.3, 0.4) is 0 Å². The first-order chi connectivity index (χ1) is 6.66. The molecule has 0 aliphatic rings. The Morgan fingerprint density at radius 1 is 1.21 bits per heavy atom. The van der Waals surface area contributed by atoms with Gasteiger partial charge in [0.2, 0.25) is 0 Å². The SMILES string of the molecule is NC(N)=O.OCCCc1ccccc1. The van der Waals surface area contributed by atoms with Crippen molar-refractivity contribution < 1.29 is 9.90 Å². The number of urea groups is 1. The van der Waals surface area contributed by atoms with Crippen molar-refractivity contribution in [2.24, 2.45) is 11.5 Å². The van der Waals surface area contributed by atoms with Gasteiger partial charge in [0.25, 0.3) is 0 Å². The molecule has 0 aromatic heterocycles. The molecule has 0 spiro atoms. The molecular formula is C10H16N2O2. The smallest absolute Gasteiger partial charge is 0.309 e. The monoisotopic (exact) mass is 196 g/mol. The number of aliphatic hydroxyl groups is 1. The Morgan fingerprint density at radius 3 is 2.14 bits per heavy atom. The molecular weight excluding hydrogens is 180 g/mol. The summed E-state index contributed by atoms with van der Waals surface area (Å²) >= 11 is 0. The topological polar surface area (TPSA) is 89.3 Å². The molecule has 0 saturated carbocycles. The molecule has 4 nitrogen and oxygen atoms in total. The van der Waals surface area contributed by atoms with Gasteiger partial charge in [0.15, 0.2) is 0 Å². The maximum absolute atomic E-state index is 9.00. The minimum atomic E-state index is -0.833. The number of amides is 2. The lowest BCUT2D eigenvalue weighted by Gasteiger charge is -1.96. The zero-order valence-corrected chi connectivity index (χ0v) is 8.02. The van der Waals surface area contributed by atoms with Gasteiger partial charge in [-0.15, -0.1) is 0 Å². The number of aliphatic hydroxyl groups excluding tert-OH is 1. The van der Waals surface area contributed by atoms with Gasteiger partial charge in [-0.05, 0) is 18.4 Å². The number of hydrogen-bond donors (Lipinski definition) is 3. The maximum Gasteiger partial charge on any atom is 0.309 e. The molecule has 0 radical (unpaired) electrons. The van der Waals surface area contributed by atoms with E-state index < -0.39 is 6.03 Å². The van der Waals surface area contributed by atoms with Crippen LogP contribution in [-0.2, 0) is 6.42 Å². The minimum Gasteiger partial charge on any atom is -0.396 e. The molecule has 5 N–H and O–H groups in total. The van der Waals surface area contributed by atoms with Crippen LogP contribution >= 0.6 is 0 Å². The molecule has 0 unspecified atom stereocenters. The number of carbonyl (C=O) groups excluding carboxylic acids is 1. The van der Waals surface area contributed by atoms with Crippen molar-refractivity contribution in [3.63, 3.8) is 0 Å². The van der Waals surface area contributed by atoms with Crippen LogP contribution < -0.4 is 11.5 Å². The Balaban J connectivity index is 0.000000364. The summed E-state index contributed by atoms with van der Waals surface area (Å²) < 4.78 is 0. The zero-order chi connectivity index (χ0) is 10.8. The van der Waals surface area contributed by atoms with E-state index in [-0.39, 0.29) is 6.61 Å². The van der Waals surface area contributed by atoms with E-state index in [1.807, 2.05) is 18.2 Å². The summed E-state index contributed by atoms with van der Waals surface area (Å²) in [7, 11) is 0. The molecule has 0 fully saturated rings. The van der Waals surface area contributed by atoms with Gasteiger partial charge < -0.3 is 16.6 Å². The Kier molecular flexibility index (Phi) is 7.17. The fourth-order valence-corrected chi connectivity index (χ4v) is 0.928. The molecule has 0 atom stereocenters. The molecule has 0 aliphatic carbocycles. The van der Waals surface area contributed by atoms with Crippen molar-refractivity contribution in [3.8, 4) is 0 Å². The number of benzene rings is 1. The van der Waals surface area contributed by atoms with Gasteiger partial charge in [-0.25, -0.2) is 4.79 Å². The van der Waals surface area contributed by atoms with Crippen LogP contribution in [0.25, 0.3) is 0 Å². The van der Waals surface area contributed by atoms with Gasteiger partial charge in [0.1, 0.15) is 0 Å². The highest BCUT2D eigenvalue weighted by Gasteiger charge is 1.87. The normalized spacial score (nSPS) is 8.64. The van der Waals surface area contributed by atoms with E-state index in [1.165, 1.54) is 5.56 Å². The fraction of sp³-hybridized carbons (Fsp3) is 0.300. The Labute approximate surface area is 83.5 Å². The van der Waals surface area contributed by atoms with Crippen molar-refractivity contribution in [2.75, 3.05) is 6.61 Å². The number of rotatable bonds is 3. The molecule has 1 aromatic rings. The molecule has 2 amide bonds. The summed E-state index contributed by atoms with van der Waals surface area (Å²) in [6.45, 7) is 0.287. The van der Waals surface area contributed by atoms with Crippen LogP contribution in [0.4, 0.5) is 4.79 Å². The molecule has 1 rings (SSSR count). The van der Waals surface area contributed by atoms with Crippen molar-refractivity contribution in [2.45, 2.75) is 12.8 Å². The number of aryl methyl sites for hydroxylation is 1. The van der Waals surface area contributed by atoms with E-state index in [0.29, 0.717) is 0 Å². The molecule has 1 aromatic carbocycles. The standard InChI is InChI=1S/C9H12O.CH4N2O/c10-8-4-7-9-5-2-1-3-6-9;2-1(3)4/h1-3,5-6,10H,4,7-8H2;(H4,2,3,4). The van der Waals surface area contributed by atoms with Crippen LogP contribution in [-0.4, -0.2) is 17.7 Å². The third-order valence-electron chi connectivity index (χ3n) is 1.47. The Bertz CT molecular complexity index is 246. The average molecular weight is 196 g/mol. The second-order valence-electron chi connectivity index (χ2n) is 2.72. The Morgan fingerprint density at radius 2 is 1.71 bits per heavy atom. The largest absolute Gasteiger partial charge is 0.396 e. The van der Waals surface area contributed by atoms with Gasteiger partial charge in [-0.2, -0.15) is 0 Å². The first-order valence-corrected chi connectivity index (χ1v) is 4.36. The third kappa shape index (κ3) is 8.55. The predicted octanol–water partition coefficient (Wildman–Crippen LogP) is 0.635. The van der Waals surface area contributed by atoms with Crippen LogP contribution in [0.5, 0.6) is 0 Å². The van der Waals surface area contributed by atoms with Gasteiger partial charge in [-0.3, -0.25) is 0 Å². The van der Waals surface area contributed by atoms with Crippen molar-refractivity contribution in [1.82, 2.24) is 0 Å². The minimum absolute atomic E-state index is 0.287. The molecule has 4 heteroatoms. The molecule has 0 saturated heterocycles. The first-order valence-electron chi connectivity index (χ1n) is 4.36. The Hall–Kier alpha value is -1.55. The molecule has 78 valence electrons. The van der Waals surface area contributed by atoms with E-state index in [1.54, 1.807) is 0 Å². The zero-order valence-electron chi connectivity index (χ0n) is 8.02. The molecule has 0 bridgehead atoms. The van der Waals surface area contributed by atoms with E-state index >= 15 is 0 Å². The first kappa shape index (κ1) is 12.4. The van der Waals surface area contributed by atoms with Gasteiger partial charge in [0.05, 0.1) is 0 Å². The predicted molar refractivity (Wildman–Crippen MR) is 55.6 cm³/mol. The van der Waals surface area contributed by atoms with Crippen LogP contribution in [0.2, 0.25) is 0 Å². The molecule has 0 heterocycles. The van der Waals surface area contributed by atoms with Gasteiger partial charge >= 0.3 is 6.03 Å². The highest BCUT2D eigenvalue weighted by Crippen LogP contribution is 2.00. The van der Waals surface area contributed by atoms with Gasteiger partial charge in [-0.1, -0.05) is 30.3 Å². The second kappa shape index (κ2) is 8.07. The summed E-state index contributed by atoms with van der Waals surface area (Å²) in [6, 6.07) is 9.37. The lowest BCUT2D eigenvalue weighted by molar-refractivity contribution is 0.256. The second-order valence-corrected chi connectivity index (χ2v) is 2.72. The van der Waals surface area contributed by atoms with Crippen LogP contribution in [0.15, 0.2) is 30.3 Å². The van der Waals surface area contributed by atoms with Crippen molar-refractivity contribution in [3.05, 3.63) is 35.9 Å². The summed E-state index contributed by atoms with van der Waals surface area (Å²) in [5.74, 6) is 0. The number of hydrogen-bond acceptors (Lipinski definition) is 2. The van der Waals surface area contributed by atoms with E-state index in [2.05, 4.69) is 23.6 Å². The molecule has 0 aliphatic heterocycles. The average Bonchev–Trinajstić information content (AvgIpc) is 2.15. The number of primary amides is 2. The van der Waals surface area contributed by atoms with Crippen LogP contribution in [0, 0.1) is 0 Å². The van der Waals surface area contributed by atoms with E-state index in [0.717, 1.165) is 12.8 Å². The highest BCUT2D eigenvalue weighted by molar-refractivity contribution is 5.69. The van der Waals surface area contributed by atoms with Crippen molar-refractivity contribution in [1.29, 1.82) is 0 Å². The van der Waals surface area contributed by atoms with E-state index in [9.17, 15) is 0 Å². The highest BCUT2D eigenvalue weighted by atomic mass is 16.2. The molecule has 14 heavy (non-hydrogen) atoms. The van der Waals surface area contributed by atoms with E-state index in [4.69, 9.17) is 9.90 Å². The fourth-order valence-electron chi connectivity index (χ4n) is 0.928.